The number of rotatable bonds is 9. The highest BCUT2D eigenvalue weighted by molar-refractivity contribution is 8.02. The van der Waals surface area contributed by atoms with Gasteiger partial charge in [0, 0.05) is 6.42 Å². The number of aryl methyl sites for hydroxylation is 1. The van der Waals surface area contributed by atoms with Crippen molar-refractivity contribution in [2.75, 3.05) is 6.61 Å². The highest BCUT2D eigenvalue weighted by Gasteiger charge is 2.71. The van der Waals surface area contributed by atoms with Crippen LogP contribution in [-0.2, 0) is 25.5 Å². The van der Waals surface area contributed by atoms with Crippen LogP contribution < -0.4 is 5.73 Å². The number of hydrogen-bond acceptors (Lipinski definition) is 6. The number of carbonyl (C=O) groups excluding carboxylic acids is 2. The first-order valence-electron chi connectivity index (χ1n) is 11.1. The second-order valence-electron chi connectivity index (χ2n) is 8.31. The zero-order valence-electron chi connectivity index (χ0n) is 18.0. The van der Waals surface area contributed by atoms with E-state index in [1.165, 1.54) is 16.7 Å². The first kappa shape index (κ1) is 23.6. The van der Waals surface area contributed by atoms with Gasteiger partial charge in [0.2, 0.25) is 11.6 Å². The third-order valence-electron chi connectivity index (χ3n) is 6.21. The lowest BCUT2D eigenvalue weighted by atomic mass is 9.85. The number of thioether (sulfide) groups is 1. The van der Waals surface area contributed by atoms with Gasteiger partial charge in [0.05, 0.1) is 12.0 Å². The second kappa shape index (κ2) is 10.0. The molecule has 3 rings (SSSR count). The van der Waals surface area contributed by atoms with Crippen molar-refractivity contribution in [1.82, 2.24) is 4.90 Å². The fourth-order valence-corrected chi connectivity index (χ4v) is 6.42. The normalized spacial score (nSPS) is 28.1. The average Bonchev–Trinajstić information content (AvgIpc) is 2.88. The number of carboxylic acid groups (broad SMARTS) is 1. The maximum atomic E-state index is 13.4. The molecular weight excluding hydrogens is 416 g/mol. The molecule has 2 aliphatic rings. The van der Waals surface area contributed by atoms with E-state index in [2.05, 4.69) is 0 Å². The molecule has 3 atom stereocenters. The lowest BCUT2D eigenvalue weighted by Gasteiger charge is -2.41. The van der Waals surface area contributed by atoms with E-state index in [9.17, 15) is 19.5 Å². The molecular formula is C23H32N2O5S. The van der Waals surface area contributed by atoms with Crippen molar-refractivity contribution < 1.29 is 24.2 Å². The first-order chi connectivity index (χ1) is 14.9. The van der Waals surface area contributed by atoms with Crippen molar-refractivity contribution in [3.63, 3.8) is 0 Å². The first-order valence-corrected chi connectivity index (χ1v) is 12.0. The zero-order chi connectivity index (χ0) is 22.5. The number of fused-ring (bicyclic) bond motifs is 1. The van der Waals surface area contributed by atoms with E-state index in [4.69, 9.17) is 10.5 Å². The van der Waals surface area contributed by atoms with Crippen molar-refractivity contribution in [2.24, 2.45) is 5.73 Å². The maximum Gasteiger partial charge on any atom is 0.346 e. The van der Waals surface area contributed by atoms with Crippen molar-refractivity contribution in [2.45, 2.75) is 80.5 Å². The predicted octanol–water partition coefficient (Wildman–Crippen LogP) is 3.31. The van der Waals surface area contributed by atoms with Gasteiger partial charge in [-0.2, -0.15) is 0 Å². The van der Waals surface area contributed by atoms with Crippen LogP contribution >= 0.6 is 11.8 Å². The molecule has 1 aromatic rings. The molecule has 3 N–H and O–H groups in total. The van der Waals surface area contributed by atoms with E-state index < -0.39 is 27.7 Å². The summed E-state index contributed by atoms with van der Waals surface area (Å²) in [7, 11) is 0. The lowest BCUT2D eigenvalue weighted by molar-refractivity contribution is -0.168. The summed E-state index contributed by atoms with van der Waals surface area (Å²) in [5, 5.41) is 9.82. The largest absolute Gasteiger partial charge is 0.478 e. The summed E-state index contributed by atoms with van der Waals surface area (Å²) in [4.78, 5) is 40.2. The number of hydrogen-bond donors (Lipinski definition) is 2. The number of unbranched alkanes of at least 4 members (excludes halogenated alkanes) is 1. The van der Waals surface area contributed by atoms with Crippen LogP contribution in [-0.4, -0.2) is 50.2 Å². The van der Waals surface area contributed by atoms with Gasteiger partial charge in [-0.05, 0) is 44.1 Å². The van der Waals surface area contributed by atoms with Crippen LogP contribution in [0.3, 0.4) is 0 Å². The third kappa shape index (κ3) is 4.46. The van der Waals surface area contributed by atoms with Crippen molar-refractivity contribution in [1.29, 1.82) is 0 Å². The van der Waals surface area contributed by atoms with E-state index in [0.29, 0.717) is 32.1 Å². The highest BCUT2D eigenvalue weighted by atomic mass is 32.2. The summed E-state index contributed by atoms with van der Waals surface area (Å²) >= 11 is 1.22. The number of carbonyl (C=O) groups is 3. The quantitative estimate of drug-likeness (QED) is 0.440. The van der Waals surface area contributed by atoms with Crippen LogP contribution in [0.25, 0.3) is 0 Å². The topological polar surface area (TPSA) is 110 Å². The van der Waals surface area contributed by atoms with Crippen LogP contribution in [0.5, 0.6) is 0 Å². The Bertz CT molecular complexity index is 804. The number of nitrogens with zero attached hydrogens (tertiary/aromatic N) is 1. The Morgan fingerprint density at radius 2 is 2.00 bits per heavy atom. The monoisotopic (exact) mass is 448 g/mol. The number of benzene rings is 1. The van der Waals surface area contributed by atoms with E-state index >= 15 is 0 Å². The zero-order valence-corrected chi connectivity index (χ0v) is 18.9. The third-order valence-corrected chi connectivity index (χ3v) is 8.01. The van der Waals surface area contributed by atoms with Gasteiger partial charge in [0.15, 0.2) is 4.75 Å². The summed E-state index contributed by atoms with van der Waals surface area (Å²) < 4.78 is 4.01. The summed E-state index contributed by atoms with van der Waals surface area (Å²) in [6.07, 6.45) is 5.35. The second-order valence-corrected chi connectivity index (χ2v) is 9.79. The molecule has 3 unspecified atom stereocenters. The lowest BCUT2D eigenvalue weighted by Crippen LogP contribution is -2.73. The molecule has 1 amide bonds. The minimum absolute atomic E-state index is 0.213. The van der Waals surface area contributed by atoms with Crippen LogP contribution in [0.4, 0.5) is 0 Å². The number of ether oxygens (including phenoxy) is 1. The smallest absolute Gasteiger partial charge is 0.346 e. The van der Waals surface area contributed by atoms with Crippen molar-refractivity contribution in [3.05, 3.63) is 35.9 Å². The average molecular weight is 449 g/mol. The molecule has 1 aromatic carbocycles. The summed E-state index contributed by atoms with van der Waals surface area (Å²) in [6, 6.07) is 9.82. The Kier molecular flexibility index (Phi) is 7.64. The van der Waals surface area contributed by atoms with Crippen LogP contribution in [0.2, 0.25) is 0 Å². The number of carboxylic acids is 1. The SMILES string of the molecule is CCCCOC(=O)C1(CCCc2ccccc2)SC2CCCCC(=O)N2C1(N)C(=O)O. The molecule has 0 aliphatic carbocycles. The van der Waals surface area contributed by atoms with Crippen molar-refractivity contribution in [3.8, 4) is 0 Å². The van der Waals surface area contributed by atoms with E-state index in [0.717, 1.165) is 18.4 Å². The molecule has 7 nitrogen and oxygen atoms in total. The number of nitrogens with two attached hydrogens (primary N) is 1. The maximum absolute atomic E-state index is 13.4. The minimum Gasteiger partial charge on any atom is -0.478 e. The molecule has 0 aromatic heterocycles. The van der Waals surface area contributed by atoms with Gasteiger partial charge in [0.25, 0.3) is 0 Å². The Morgan fingerprint density at radius 3 is 2.68 bits per heavy atom. The van der Waals surface area contributed by atoms with Gasteiger partial charge in [-0.25, -0.2) is 4.79 Å². The minimum atomic E-state index is -2.14. The summed E-state index contributed by atoms with van der Waals surface area (Å²) in [5.41, 5.74) is 5.53. The van der Waals surface area contributed by atoms with Gasteiger partial charge in [-0.3, -0.25) is 15.3 Å². The fraction of sp³-hybridized carbons (Fsp3) is 0.609. The molecule has 2 aliphatic heterocycles. The van der Waals surface area contributed by atoms with Gasteiger partial charge >= 0.3 is 11.9 Å². The summed E-state index contributed by atoms with van der Waals surface area (Å²) in [5.74, 6) is -2.28. The molecule has 170 valence electrons. The van der Waals surface area contributed by atoms with Crippen LogP contribution in [0.1, 0.15) is 63.9 Å². The number of amides is 1. The van der Waals surface area contributed by atoms with Crippen molar-refractivity contribution >= 4 is 29.6 Å². The Hall–Kier alpha value is -2.06. The van der Waals surface area contributed by atoms with E-state index in [1.807, 2.05) is 37.3 Å². The fourth-order valence-electron chi connectivity index (χ4n) is 4.50. The molecule has 0 saturated carbocycles. The molecule has 2 saturated heterocycles. The van der Waals surface area contributed by atoms with E-state index in [1.54, 1.807) is 0 Å². The van der Waals surface area contributed by atoms with Crippen LogP contribution in [0.15, 0.2) is 30.3 Å². The standard InChI is InChI=1S/C23H32N2O5S/c1-2-3-16-30-21(29)22(15-9-12-17-10-5-4-6-11-17)23(24,20(27)28)25-18(26)13-7-8-14-19(25)31-22/h4-6,10-11,19H,2-3,7-9,12-16,24H2,1H3,(H,27,28). The molecule has 2 heterocycles. The molecule has 8 heteroatoms. The molecule has 0 radical (unpaired) electrons. The number of aliphatic carboxylic acids is 1. The van der Waals surface area contributed by atoms with Gasteiger partial charge < -0.3 is 14.7 Å². The molecule has 2 fully saturated rings. The highest BCUT2D eigenvalue weighted by Crippen LogP contribution is 2.55. The van der Waals surface area contributed by atoms with Gasteiger partial charge in [-0.1, -0.05) is 50.1 Å². The summed E-state index contributed by atoms with van der Waals surface area (Å²) in [6.45, 7) is 2.20. The molecule has 0 bridgehead atoms. The predicted molar refractivity (Wildman–Crippen MR) is 119 cm³/mol. The Morgan fingerprint density at radius 1 is 1.26 bits per heavy atom. The molecule has 0 spiro atoms. The van der Waals surface area contributed by atoms with Gasteiger partial charge in [-0.15, -0.1) is 11.8 Å². The Balaban J connectivity index is 1.95. The van der Waals surface area contributed by atoms with E-state index in [-0.39, 0.29) is 25.4 Å². The Labute approximate surface area is 187 Å². The van der Waals surface area contributed by atoms with Crippen LogP contribution in [0, 0.1) is 0 Å². The van der Waals surface area contributed by atoms with Gasteiger partial charge in [0.1, 0.15) is 0 Å². The molecule has 31 heavy (non-hydrogen) atoms. The number of esters is 1.